The van der Waals surface area contributed by atoms with Crippen LogP contribution in [0.15, 0.2) is 66.7 Å². The number of hydrogen-bond acceptors (Lipinski definition) is 2. The molecule has 0 amide bonds. The van der Waals surface area contributed by atoms with Gasteiger partial charge in [-0.1, -0.05) is 60.7 Å². The molecule has 3 aromatic rings. The van der Waals surface area contributed by atoms with Crippen LogP contribution in [0.2, 0.25) is 0 Å². The van der Waals surface area contributed by atoms with E-state index >= 15 is 0 Å². The predicted octanol–water partition coefficient (Wildman–Crippen LogP) is 3.79. The molecule has 3 heteroatoms. The molecule has 106 valence electrons. The van der Waals surface area contributed by atoms with Crippen molar-refractivity contribution in [1.29, 1.82) is 0 Å². The smallest absolute Gasteiger partial charge is 0.144 e. The molecule has 0 aliphatic heterocycles. The van der Waals surface area contributed by atoms with Crippen LogP contribution in [0.3, 0.4) is 0 Å². The van der Waals surface area contributed by atoms with Gasteiger partial charge in [0.15, 0.2) is 0 Å². The average molecular weight is 296 g/mol. The molecule has 0 spiro atoms. The van der Waals surface area contributed by atoms with Gasteiger partial charge in [-0.25, -0.2) is 0 Å². The van der Waals surface area contributed by atoms with Crippen LogP contribution in [-0.2, 0) is 4.57 Å². The van der Waals surface area contributed by atoms with Crippen molar-refractivity contribution in [3.63, 3.8) is 0 Å². The molecule has 0 unspecified atom stereocenters. The number of rotatable bonds is 3. The van der Waals surface area contributed by atoms with Gasteiger partial charge in [0.2, 0.25) is 0 Å². The Hall–Kier alpha value is -2.05. The van der Waals surface area contributed by atoms with Gasteiger partial charge in [0.25, 0.3) is 0 Å². The highest BCUT2D eigenvalue weighted by atomic mass is 31.2. The Balaban J connectivity index is 2.35. The van der Waals surface area contributed by atoms with Crippen LogP contribution in [0.4, 0.5) is 0 Å². The Morgan fingerprint density at radius 2 is 1.52 bits per heavy atom. The van der Waals surface area contributed by atoms with Crippen LogP contribution in [0, 0.1) is 0 Å². The van der Waals surface area contributed by atoms with Crippen molar-refractivity contribution in [2.45, 2.75) is 0 Å². The first-order chi connectivity index (χ1) is 10.1. The van der Waals surface area contributed by atoms with Gasteiger partial charge < -0.3 is 9.30 Å². The summed E-state index contributed by atoms with van der Waals surface area (Å²) in [5.41, 5.74) is 0. The third kappa shape index (κ3) is 2.36. The summed E-state index contributed by atoms with van der Waals surface area (Å²) in [7, 11) is -1.10. The van der Waals surface area contributed by atoms with Gasteiger partial charge in [-0.3, -0.25) is 0 Å². The van der Waals surface area contributed by atoms with E-state index in [2.05, 4.69) is 0 Å². The highest BCUT2D eigenvalue weighted by molar-refractivity contribution is 7.78. The number of methoxy groups -OCH3 is 1. The lowest BCUT2D eigenvalue weighted by molar-refractivity contribution is 0.418. The normalized spacial score (nSPS) is 13.8. The molecule has 1 atom stereocenters. The first kappa shape index (κ1) is 13.9. The van der Waals surface area contributed by atoms with Crippen molar-refractivity contribution in [2.75, 3.05) is 13.8 Å². The second kappa shape index (κ2) is 5.38. The van der Waals surface area contributed by atoms with E-state index < -0.39 is 7.14 Å². The molecule has 0 N–H and O–H groups in total. The summed E-state index contributed by atoms with van der Waals surface area (Å²) in [5, 5.41) is 3.71. The highest BCUT2D eigenvalue weighted by Gasteiger charge is 2.27. The van der Waals surface area contributed by atoms with E-state index in [1.54, 1.807) is 7.11 Å². The number of fused-ring (bicyclic) bond motifs is 1. The summed E-state index contributed by atoms with van der Waals surface area (Å²) in [5.74, 6) is 0.684. The third-order valence-electron chi connectivity index (χ3n) is 3.76. The number of hydrogen-bond donors (Lipinski definition) is 0. The van der Waals surface area contributed by atoms with Crippen LogP contribution < -0.4 is 15.3 Å². The molecule has 0 aromatic heterocycles. The van der Waals surface area contributed by atoms with Gasteiger partial charge in [0.05, 0.1) is 12.4 Å². The Kier molecular flexibility index (Phi) is 3.57. The fourth-order valence-electron chi connectivity index (χ4n) is 2.68. The fraction of sp³-hybridized carbons (Fsp3) is 0.111. The van der Waals surface area contributed by atoms with Gasteiger partial charge >= 0.3 is 0 Å². The molecule has 2 nitrogen and oxygen atoms in total. The van der Waals surface area contributed by atoms with Crippen molar-refractivity contribution < 1.29 is 9.30 Å². The zero-order valence-corrected chi connectivity index (χ0v) is 13.0. The molecule has 0 aliphatic rings. The number of benzene rings is 3. The average Bonchev–Trinajstić information content (AvgIpc) is 2.54. The van der Waals surface area contributed by atoms with Crippen LogP contribution >= 0.6 is 7.14 Å². The molecule has 3 rings (SSSR count). The molecule has 0 bridgehead atoms. The quantitative estimate of drug-likeness (QED) is 0.687. The van der Waals surface area contributed by atoms with Gasteiger partial charge in [-0.15, -0.1) is 0 Å². The van der Waals surface area contributed by atoms with Gasteiger partial charge in [0.1, 0.15) is 12.9 Å². The molecule has 0 radical (unpaired) electrons. The predicted molar refractivity (Wildman–Crippen MR) is 89.7 cm³/mol. The molecular formula is C18H17O2P. The number of ether oxygens (including phenoxy) is 1. The zero-order chi connectivity index (χ0) is 14.9. The SMILES string of the molecule is COc1ccc2ccccc2c1[P@@](C)(=O)c1ccccc1. The molecule has 3 aromatic carbocycles. The molecule has 0 heterocycles. The summed E-state index contributed by atoms with van der Waals surface area (Å²) in [4.78, 5) is 0. The lowest BCUT2D eigenvalue weighted by Gasteiger charge is -2.19. The summed E-state index contributed by atoms with van der Waals surface area (Å²) in [6.45, 7) is 1.81. The van der Waals surface area contributed by atoms with Crippen LogP contribution in [0.1, 0.15) is 0 Å². The minimum Gasteiger partial charge on any atom is -0.496 e. The van der Waals surface area contributed by atoms with Crippen molar-refractivity contribution in [3.05, 3.63) is 66.7 Å². The minimum atomic E-state index is -2.72. The Morgan fingerprint density at radius 3 is 2.24 bits per heavy atom. The Bertz CT molecular complexity index is 825. The molecule has 0 aliphatic carbocycles. The molecule has 0 saturated carbocycles. The van der Waals surface area contributed by atoms with Crippen molar-refractivity contribution in [1.82, 2.24) is 0 Å². The van der Waals surface area contributed by atoms with E-state index in [4.69, 9.17) is 4.74 Å². The first-order valence-electron chi connectivity index (χ1n) is 6.84. The Labute approximate surface area is 124 Å². The van der Waals surface area contributed by atoms with Crippen LogP contribution in [-0.4, -0.2) is 13.8 Å². The van der Waals surface area contributed by atoms with E-state index in [1.807, 2.05) is 73.4 Å². The summed E-state index contributed by atoms with van der Waals surface area (Å²) in [6.07, 6.45) is 0. The molecule has 0 fully saturated rings. The third-order valence-corrected chi connectivity index (χ3v) is 6.36. The second-order valence-electron chi connectivity index (χ2n) is 5.10. The minimum absolute atomic E-state index is 0.684. The van der Waals surface area contributed by atoms with E-state index in [-0.39, 0.29) is 0 Å². The van der Waals surface area contributed by atoms with Crippen molar-refractivity contribution in [3.8, 4) is 5.75 Å². The lowest BCUT2D eigenvalue weighted by Crippen LogP contribution is -2.18. The van der Waals surface area contributed by atoms with E-state index in [0.717, 1.165) is 21.4 Å². The van der Waals surface area contributed by atoms with E-state index in [9.17, 15) is 4.57 Å². The maximum atomic E-state index is 13.5. The van der Waals surface area contributed by atoms with Crippen molar-refractivity contribution >= 4 is 28.5 Å². The van der Waals surface area contributed by atoms with Crippen molar-refractivity contribution in [2.24, 2.45) is 0 Å². The maximum absolute atomic E-state index is 13.5. The van der Waals surface area contributed by atoms with Crippen LogP contribution in [0.5, 0.6) is 5.75 Å². The first-order valence-corrected chi connectivity index (χ1v) is 8.99. The second-order valence-corrected chi connectivity index (χ2v) is 7.91. The maximum Gasteiger partial charge on any atom is 0.144 e. The largest absolute Gasteiger partial charge is 0.496 e. The fourth-order valence-corrected chi connectivity index (χ4v) is 4.93. The van der Waals surface area contributed by atoms with Gasteiger partial charge in [0, 0.05) is 5.30 Å². The van der Waals surface area contributed by atoms with E-state index in [1.165, 1.54) is 0 Å². The zero-order valence-electron chi connectivity index (χ0n) is 12.1. The van der Waals surface area contributed by atoms with Gasteiger partial charge in [-0.2, -0.15) is 0 Å². The summed E-state index contributed by atoms with van der Waals surface area (Å²) in [6, 6.07) is 21.5. The standard InChI is InChI=1S/C18H17O2P/c1-20-17-13-12-14-8-6-7-11-16(14)18(17)21(2,19)15-9-4-3-5-10-15/h3-13H,1-2H3/t21-/m0/s1. The topological polar surface area (TPSA) is 26.3 Å². The molecule has 0 saturated heterocycles. The highest BCUT2D eigenvalue weighted by Crippen LogP contribution is 2.44. The summed E-state index contributed by atoms with van der Waals surface area (Å²) >= 11 is 0. The molecule has 21 heavy (non-hydrogen) atoms. The molecular weight excluding hydrogens is 279 g/mol. The van der Waals surface area contributed by atoms with Crippen LogP contribution in [0.25, 0.3) is 10.8 Å². The summed E-state index contributed by atoms with van der Waals surface area (Å²) < 4.78 is 19.0. The van der Waals surface area contributed by atoms with Gasteiger partial charge in [-0.05, 0) is 23.5 Å². The lowest BCUT2D eigenvalue weighted by atomic mass is 10.1. The monoisotopic (exact) mass is 296 g/mol. The van der Waals surface area contributed by atoms with E-state index in [0.29, 0.717) is 5.75 Å². The Morgan fingerprint density at radius 1 is 0.857 bits per heavy atom.